The maximum absolute atomic E-state index is 12.5. The van der Waals surface area contributed by atoms with Crippen molar-refractivity contribution in [2.75, 3.05) is 11.1 Å². The minimum atomic E-state index is -0.0125. The molecule has 1 aliphatic rings. The highest BCUT2D eigenvalue weighted by molar-refractivity contribution is 7.99. The Balaban J connectivity index is 1.29. The zero-order valence-corrected chi connectivity index (χ0v) is 16.1. The van der Waals surface area contributed by atoms with E-state index < -0.39 is 0 Å². The molecule has 138 valence electrons. The van der Waals surface area contributed by atoms with Gasteiger partial charge in [0.05, 0.1) is 12.1 Å². The van der Waals surface area contributed by atoms with Gasteiger partial charge in [0.15, 0.2) is 5.16 Å². The quantitative estimate of drug-likeness (QED) is 0.538. The second-order valence-electron chi connectivity index (χ2n) is 6.89. The topological polar surface area (TPSA) is 46.9 Å². The summed E-state index contributed by atoms with van der Waals surface area (Å²) in [6.07, 6.45) is 2.46. The second kappa shape index (κ2) is 7.17. The molecule has 1 amide bonds. The number of nitrogens with zero attached hydrogens (tertiary/aromatic N) is 2. The molecule has 3 aromatic carbocycles. The average Bonchev–Trinajstić information content (AvgIpc) is 3.31. The molecule has 2 heterocycles. The van der Waals surface area contributed by atoms with Crippen LogP contribution < -0.4 is 5.32 Å². The van der Waals surface area contributed by atoms with Gasteiger partial charge >= 0.3 is 0 Å². The molecule has 1 N–H and O–H groups in total. The molecule has 4 nitrogen and oxygen atoms in total. The molecular weight excluding hydrogens is 366 g/mol. The molecule has 0 unspecified atom stereocenters. The molecule has 5 rings (SSSR count). The van der Waals surface area contributed by atoms with Gasteiger partial charge in [-0.2, -0.15) is 0 Å². The second-order valence-corrected chi connectivity index (χ2v) is 7.95. The van der Waals surface area contributed by atoms with E-state index in [1.165, 1.54) is 0 Å². The van der Waals surface area contributed by atoms with Crippen molar-refractivity contribution in [1.29, 1.82) is 0 Å². The standard InChI is InChI=1S/C23H19N3OS/c27-22(14-18-6-3-5-16-4-1-2-7-20(16)18)24-19-10-8-17(9-11-19)21-15-26-12-13-28-23(26)25-21/h1-11,15H,12-14H2,(H,24,27). The van der Waals surface area contributed by atoms with E-state index in [4.69, 9.17) is 0 Å². The molecule has 1 aliphatic heterocycles. The van der Waals surface area contributed by atoms with Crippen LogP contribution in [0.3, 0.4) is 0 Å². The third-order valence-corrected chi connectivity index (χ3v) is 5.97. The monoisotopic (exact) mass is 385 g/mol. The average molecular weight is 385 g/mol. The third-order valence-electron chi connectivity index (χ3n) is 5.00. The van der Waals surface area contributed by atoms with Gasteiger partial charge in [0.25, 0.3) is 0 Å². The van der Waals surface area contributed by atoms with Gasteiger partial charge in [-0.15, -0.1) is 0 Å². The van der Waals surface area contributed by atoms with Gasteiger partial charge in [-0.05, 0) is 28.5 Å². The fourth-order valence-corrected chi connectivity index (χ4v) is 4.54. The van der Waals surface area contributed by atoms with Gasteiger partial charge in [0.1, 0.15) is 0 Å². The zero-order chi connectivity index (χ0) is 18.9. The van der Waals surface area contributed by atoms with E-state index >= 15 is 0 Å². The molecule has 0 aliphatic carbocycles. The summed E-state index contributed by atoms with van der Waals surface area (Å²) in [5.74, 6) is 1.09. The summed E-state index contributed by atoms with van der Waals surface area (Å²) in [4.78, 5) is 17.2. The van der Waals surface area contributed by atoms with Crippen LogP contribution in [0.25, 0.3) is 22.0 Å². The maximum Gasteiger partial charge on any atom is 0.228 e. The fraction of sp³-hybridized carbons (Fsp3) is 0.130. The van der Waals surface area contributed by atoms with E-state index in [1.54, 1.807) is 11.8 Å². The normalized spacial score (nSPS) is 12.9. The van der Waals surface area contributed by atoms with E-state index in [-0.39, 0.29) is 5.91 Å². The minimum Gasteiger partial charge on any atom is -0.326 e. The minimum absolute atomic E-state index is 0.0125. The Morgan fingerprint density at radius 2 is 1.86 bits per heavy atom. The third kappa shape index (κ3) is 3.29. The summed E-state index contributed by atoms with van der Waals surface area (Å²) in [7, 11) is 0. The number of aryl methyl sites for hydroxylation is 1. The van der Waals surface area contributed by atoms with E-state index in [2.05, 4.69) is 39.3 Å². The van der Waals surface area contributed by atoms with Crippen LogP contribution in [0, 0.1) is 0 Å². The first kappa shape index (κ1) is 17.1. The Bertz CT molecular complexity index is 1140. The summed E-state index contributed by atoms with van der Waals surface area (Å²) in [6, 6.07) is 22.1. The van der Waals surface area contributed by atoms with Crippen molar-refractivity contribution in [1.82, 2.24) is 9.55 Å². The van der Waals surface area contributed by atoms with Gasteiger partial charge < -0.3 is 9.88 Å². The maximum atomic E-state index is 12.5. The molecule has 28 heavy (non-hydrogen) atoms. The molecule has 4 aromatic rings. The number of fused-ring (bicyclic) bond motifs is 2. The van der Waals surface area contributed by atoms with E-state index in [1.807, 2.05) is 48.5 Å². The Morgan fingerprint density at radius 3 is 2.71 bits per heavy atom. The molecule has 0 radical (unpaired) electrons. The van der Waals surface area contributed by atoms with E-state index in [0.717, 1.165) is 50.7 Å². The first-order valence-corrected chi connectivity index (χ1v) is 10.3. The SMILES string of the molecule is O=C(Cc1cccc2ccccc12)Nc1ccc(-c2cn3c(n2)SCC3)cc1. The molecule has 0 saturated heterocycles. The highest BCUT2D eigenvalue weighted by Crippen LogP contribution is 2.29. The summed E-state index contributed by atoms with van der Waals surface area (Å²) in [5.41, 5.74) is 3.89. The number of anilines is 1. The lowest BCUT2D eigenvalue weighted by molar-refractivity contribution is -0.115. The van der Waals surface area contributed by atoms with Gasteiger partial charge in [0, 0.05) is 29.7 Å². The van der Waals surface area contributed by atoms with Crippen molar-refractivity contribution in [3.05, 3.63) is 78.5 Å². The van der Waals surface area contributed by atoms with Crippen LogP contribution in [0.4, 0.5) is 5.69 Å². The van der Waals surface area contributed by atoms with Crippen LogP contribution >= 0.6 is 11.8 Å². The van der Waals surface area contributed by atoms with Crippen molar-refractivity contribution in [2.45, 2.75) is 18.1 Å². The lowest BCUT2D eigenvalue weighted by atomic mass is 10.0. The smallest absolute Gasteiger partial charge is 0.228 e. The number of carbonyl (C=O) groups is 1. The van der Waals surface area contributed by atoms with Crippen molar-refractivity contribution in [3.63, 3.8) is 0 Å². The lowest BCUT2D eigenvalue weighted by Crippen LogP contribution is -2.14. The molecule has 0 spiro atoms. The predicted molar refractivity (Wildman–Crippen MR) is 115 cm³/mol. The van der Waals surface area contributed by atoms with Gasteiger partial charge in [0.2, 0.25) is 5.91 Å². The number of hydrogen-bond donors (Lipinski definition) is 1. The number of benzene rings is 3. The largest absolute Gasteiger partial charge is 0.326 e. The first-order valence-electron chi connectivity index (χ1n) is 9.33. The predicted octanol–water partition coefficient (Wildman–Crippen LogP) is 4.99. The summed E-state index contributed by atoms with van der Waals surface area (Å²) >= 11 is 1.79. The first-order chi connectivity index (χ1) is 13.8. The van der Waals surface area contributed by atoms with Crippen LogP contribution in [-0.2, 0) is 17.8 Å². The Hall–Kier alpha value is -3.05. The Kier molecular flexibility index (Phi) is 4.37. The number of amides is 1. The van der Waals surface area contributed by atoms with Crippen LogP contribution in [0.2, 0.25) is 0 Å². The Labute approximate surface area is 167 Å². The number of thioether (sulfide) groups is 1. The molecule has 5 heteroatoms. The number of hydrogen-bond acceptors (Lipinski definition) is 3. The van der Waals surface area contributed by atoms with Crippen LogP contribution in [-0.4, -0.2) is 21.2 Å². The molecule has 0 saturated carbocycles. The molecule has 0 bridgehead atoms. The summed E-state index contributed by atoms with van der Waals surface area (Å²) in [5, 5.41) is 6.37. The summed E-state index contributed by atoms with van der Waals surface area (Å²) in [6.45, 7) is 1.02. The zero-order valence-electron chi connectivity index (χ0n) is 15.3. The number of imidazole rings is 1. The van der Waals surface area contributed by atoms with Crippen LogP contribution in [0.15, 0.2) is 78.1 Å². The number of nitrogens with one attached hydrogen (secondary N) is 1. The van der Waals surface area contributed by atoms with Crippen molar-refractivity contribution in [3.8, 4) is 11.3 Å². The summed E-state index contributed by atoms with van der Waals surface area (Å²) < 4.78 is 2.19. The molecular formula is C23H19N3OS. The highest BCUT2D eigenvalue weighted by Gasteiger charge is 2.15. The van der Waals surface area contributed by atoms with Gasteiger partial charge in [-0.1, -0.05) is 66.4 Å². The van der Waals surface area contributed by atoms with Crippen molar-refractivity contribution in [2.24, 2.45) is 0 Å². The van der Waals surface area contributed by atoms with E-state index in [0.29, 0.717) is 6.42 Å². The van der Waals surface area contributed by atoms with Gasteiger partial charge in [-0.3, -0.25) is 4.79 Å². The number of rotatable bonds is 4. The molecule has 0 fully saturated rings. The lowest BCUT2D eigenvalue weighted by Gasteiger charge is -2.08. The van der Waals surface area contributed by atoms with Crippen molar-refractivity contribution < 1.29 is 4.79 Å². The van der Waals surface area contributed by atoms with Crippen LogP contribution in [0.5, 0.6) is 0 Å². The van der Waals surface area contributed by atoms with Crippen molar-refractivity contribution >= 4 is 34.1 Å². The number of carbonyl (C=O) groups excluding carboxylic acids is 1. The van der Waals surface area contributed by atoms with Crippen LogP contribution in [0.1, 0.15) is 5.56 Å². The molecule has 0 atom stereocenters. The Morgan fingerprint density at radius 1 is 1.04 bits per heavy atom. The highest BCUT2D eigenvalue weighted by atomic mass is 32.2. The fourth-order valence-electron chi connectivity index (χ4n) is 3.60. The van der Waals surface area contributed by atoms with E-state index in [9.17, 15) is 4.79 Å². The molecule has 1 aromatic heterocycles. The number of aromatic nitrogens is 2. The van der Waals surface area contributed by atoms with Gasteiger partial charge in [-0.25, -0.2) is 4.98 Å².